The van der Waals surface area contributed by atoms with Crippen molar-refractivity contribution in [2.75, 3.05) is 0 Å². The van der Waals surface area contributed by atoms with Crippen LogP contribution in [0, 0.1) is 5.92 Å². The van der Waals surface area contributed by atoms with Crippen LogP contribution >= 0.6 is 0 Å². The number of nitrogens with zero attached hydrogens (tertiary/aromatic N) is 3. The van der Waals surface area contributed by atoms with Crippen molar-refractivity contribution < 1.29 is 19.1 Å². The minimum Gasteiger partial charge on any atom is -0.539 e. The highest BCUT2D eigenvalue weighted by molar-refractivity contribution is 5.80. The van der Waals surface area contributed by atoms with E-state index in [1.54, 1.807) is 0 Å². The van der Waals surface area contributed by atoms with Crippen LogP contribution in [0.3, 0.4) is 0 Å². The van der Waals surface area contributed by atoms with E-state index in [4.69, 9.17) is 4.52 Å². The van der Waals surface area contributed by atoms with E-state index in [-0.39, 0.29) is 24.4 Å². The normalized spacial score (nSPS) is 17.7. The second-order valence-corrected chi connectivity index (χ2v) is 6.38. The number of hydrogen-bond acceptors (Lipinski definition) is 4. The van der Waals surface area contributed by atoms with Crippen molar-refractivity contribution in [2.24, 2.45) is 5.92 Å². The van der Waals surface area contributed by atoms with Crippen LogP contribution in [0.5, 0.6) is 5.95 Å². The molecule has 2 aliphatic rings. The van der Waals surface area contributed by atoms with E-state index in [0.717, 1.165) is 37.8 Å². The lowest BCUT2D eigenvalue weighted by Crippen LogP contribution is -2.44. The van der Waals surface area contributed by atoms with Crippen molar-refractivity contribution in [2.45, 2.75) is 44.7 Å². The van der Waals surface area contributed by atoms with E-state index in [1.807, 2.05) is 35.2 Å². The average Bonchev–Trinajstić information content (AvgIpc) is 3.28. The second kappa shape index (κ2) is 5.68. The molecule has 1 aromatic heterocycles. The molecule has 0 radical (unpaired) electrons. The molecule has 1 aromatic carbocycles. The van der Waals surface area contributed by atoms with Crippen LogP contribution in [-0.4, -0.2) is 22.1 Å². The van der Waals surface area contributed by atoms with E-state index < -0.39 is 5.95 Å². The average molecular weight is 313 g/mol. The first-order valence-corrected chi connectivity index (χ1v) is 8.18. The Morgan fingerprint density at radius 1 is 1.26 bits per heavy atom. The van der Waals surface area contributed by atoms with Gasteiger partial charge in [0.05, 0.1) is 5.27 Å². The van der Waals surface area contributed by atoms with Gasteiger partial charge in [-0.3, -0.25) is 4.79 Å². The van der Waals surface area contributed by atoms with E-state index in [2.05, 4.69) is 5.27 Å². The molecule has 4 rings (SSSR count). The van der Waals surface area contributed by atoms with Crippen LogP contribution in [0.1, 0.15) is 37.8 Å². The zero-order chi connectivity index (χ0) is 15.8. The molecule has 23 heavy (non-hydrogen) atoms. The van der Waals surface area contributed by atoms with Gasteiger partial charge in [0, 0.05) is 24.1 Å². The van der Waals surface area contributed by atoms with Crippen LogP contribution in [0.15, 0.2) is 34.9 Å². The Balaban J connectivity index is 1.62. The molecule has 0 bridgehead atoms. The summed E-state index contributed by atoms with van der Waals surface area (Å²) in [4.78, 5) is 14.5. The van der Waals surface area contributed by atoms with Gasteiger partial charge < -0.3 is 14.5 Å². The molecule has 6 nitrogen and oxygen atoms in total. The number of rotatable bonds is 5. The summed E-state index contributed by atoms with van der Waals surface area (Å²) in [6, 6.07) is 9.65. The summed E-state index contributed by atoms with van der Waals surface area (Å²) < 4.78 is 6.36. The third-order valence-electron chi connectivity index (χ3n) is 4.74. The SMILES string of the molecule is O=C(C1CCC1)N(Cc1c([O-])on[n+]1-c1ccccc1)C1CC1. The predicted molar refractivity (Wildman–Crippen MR) is 78.4 cm³/mol. The van der Waals surface area contributed by atoms with Gasteiger partial charge in [0.25, 0.3) is 5.69 Å². The van der Waals surface area contributed by atoms with E-state index in [9.17, 15) is 9.90 Å². The van der Waals surface area contributed by atoms with Gasteiger partial charge in [0.2, 0.25) is 11.6 Å². The number of hydrogen-bond donors (Lipinski definition) is 0. The summed E-state index contributed by atoms with van der Waals surface area (Å²) >= 11 is 0. The maximum Gasteiger partial charge on any atom is 0.259 e. The van der Waals surface area contributed by atoms with Crippen LogP contribution < -0.4 is 9.79 Å². The molecular formula is C17H19N3O3. The number of carbonyl (C=O) groups excluding carboxylic acids is 1. The molecule has 6 heteroatoms. The van der Waals surface area contributed by atoms with Crippen molar-refractivity contribution in [3.8, 4) is 11.6 Å². The highest BCUT2D eigenvalue weighted by Crippen LogP contribution is 2.35. The Kier molecular flexibility index (Phi) is 3.52. The number of carbonyl (C=O) groups is 1. The largest absolute Gasteiger partial charge is 0.539 e. The molecule has 2 saturated carbocycles. The highest BCUT2D eigenvalue weighted by atomic mass is 16.6. The van der Waals surface area contributed by atoms with Gasteiger partial charge in [-0.1, -0.05) is 24.6 Å². The van der Waals surface area contributed by atoms with Crippen LogP contribution in [0.4, 0.5) is 0 Å². The molecule has 0 N–H and O–H groups in total. The maximum atomic E-state index is 12.7. The van der Waals surface area contributed by atoms with Gasteiger partial charge in [-0.25, -0.2) is 0 Å². The van der Waals surface area contributed by atoms with Gasteiger partial charge in [-0.05, 0) is 30.4 Å². The maximum absolute atomic E-state index is 12.7. The molecule has 0 unspecified atom stereocenters. The molecule has 2 aromatic rings. The molecule has 0 aliphatic heterocycles. The van der Waals surface area contributed by atoms with Gasteiger partial charge in [-0.2, -0.15) is 0 Å². The van der Waals surface area contributed by atoms with Crippen molar-refractivity contribution in [1.82, 2.24) is 10.2 Å². The van der Waals surface area contributed by atoms with Crippen LogP contribution in [0.25, 0.3) is 5.69 Å². The van der Waals surface area contributed by atoms with Gasteiger partial charge in [0.1, 0.15) is 6.54 Å². The van der Waals surface area contributed by atoms with Gasteiger partial charge in [0.15, 0.2) is 5.95 Å². The fourth-order valence-electron chi connectivity index (χ4n) is 2.99. The monoisotopic (exact) mass is 313 g/mol. The Morgan fingerprint density at radius 2 is 2.00 bits per heavy atom. The summed E-state index contributed by atoms with van der Waals surface area (Å²) in [6.45, 7) is 0.275. The topological polar surface area (TPSA) is 73.3 Å². The quantitative estimate of drug-likeness (QED) is 0.780. The Bertz CT molecular complexity index is 705. The smallest absolute Gasteiger partial charge is 0.259 e. The lowest BCUT2D eigenvalue weighted by Gasteiger charge is -2.31. The fourth-order valence-corrected chi connectivity index (χ4v) is 2.99. The third-order valence-corrected chi connectivity index (χ3v) is 4.74. The molecule has 0 spiro atoms. The molecule has 0 saturated heterocycles. The standard InChI is InChI=1S/C17H19N3O3/c21-16(12-5-4-6-12)19(13-9-10-13)11-15-17(22)23-18-20(15)14-7-2-1-3-8-14/h1-3,7-8,12-13H,4-6,9-11H2. The Hall–Kier alpha value is -2.37. The van der Waals surface area contributed by atoms with E-state index in [0.29, 0.717) is 5.69 Å². The molecular weight excluding hydrogens is 294 g/mol. The van der Waals surface area contributed by atoms with E-state index >= 15 is 0 Å². The molecule has 1 amide bonds. The summed E-state index contributed by atoms with van der Waals surface area (Å²) in [5.41, 5.74) is 1.18. The first-order valence-electron chi connectivity index (χ1n) is 8.18. The van der Waals surface area contributed by atoms with Crippen molar-refractivity contribution in [3.63, 3.8) is 0 Å². The van der Waals surface area contributed by atoms with Crippen LogP contribution in [0.2, 0.25) is 0 Å². The Morgan fingerprint density at radius 3 is 2.61 bits per heavy atom. The minimum absolute atomic E-state index is 0.135. The van der Waals surface area contributed by atoms with Crippen molar-refractivity contribution in [1.29, 1.82) is 0 Å². The lowest BCUT2D eigenvalue weighted by molar-refractivity contribution is -0.678. The lowest BCUT2D eigenvalue weighted by atomic mass is 9.84. The molecule has 1 heterocycles. The third kappa shape index (κ3) is 2.69. The molecule has 120 valence electrons. The molecule has 0 atom stereocenters. The number of aromatic nitrogens is 2. The Labute approximate surface area is 134 Å². The summed E-state index contributed by atoms with van der Waals surface area (Å²) in [7, 11) is 0. The first-order chi connectivity index (χ1) is 11.2. The number of para-hydroxylation sites is 1. The first kappa shape index (κ1) is 14.2. The highest BCUT2D eigenvalue weighted by Gasteiger charge is 2.39. The summed E-state index contributed by atoms with van der Waals surface area (Å²) in [5, 5.41) is 15.9. The van der Waals surface area contributed by atoms with Gasteiger partial charge in [-0.15, -0.1) is 0 Å². The number of amides is 1. The van der Waals surface area contributed by atoms with Crippen molar-refractivity contribution >= 4 is 5.91 Å². The van der Waals surface area contributed by atoms with E-state index in [1.165, 1.54) is 4.68 Å². The molecule has 2 fully saturated rings. The summed E-state index contributed by atoms with van der Waals surface area (Å²) in [6.07, 6.45) is 5.09. The zero-order valence-corrected chi connectivity index (χ0v) is 12.9. The zero-order valence-electron chi connectivity index (χ0n) is 12.9. The van der Waals surface area contributed by atoms with Crippen LogP contribution in [-0.2, 0) is 11.3 Å². The minimum atomic E-state index is -0.471. The fraction of sp³-hybridized carbons (Fsp3) is 0.471. The summed E-state index contributed by atoms with van der Waals surface area (Å²) in [5.74, 6) is -0.157. The molecule has 2 aliphatic carbocycles. The number of benzene rings is 1. The van der Waals surface area contributed by atoms with Crippen molar-refractivity contribution in [3.05, 3.63) is 36.0 Å². The predicted octanol–water partition coefficient (Wildman–Crippen LogP) is 1.32. The van der Waals surface area contributed by atoms with Gasteiger partial charge >= 0.3 is 0 Å². The second-order valence-electron chi connectivity index (χ2n) is 6.38.